The fourth-order valence-corrected chi connectivity index (χ4v) is 7.77. The Hall–Kier alpha value is -0.960. The zero-order valence-electron chi connectivity index (χ0n) is 17.1. The molecule has 0 aromatic carbocycles. The van der Waals surface area contributed by atoms with Gasteiger partial charge in [0.15, 0.2) is 5.78 Å². The Morgan fingerprint density at radius 2 is 1.88 bits per heavy atom. The van der Waals surface area contributed by atoms with Gasteiger partial charge < -0.3 is 5.11 Å². The molecule has 7 atom stereocenters. The van der Waals surface area contributed by atoms with Crippen molar-refractivity contribution in [3.63, 3.8) is 0 Å². The number of fused-ring (bicyclic) bond motifs is 5. The molecule has 3 fully saturated rings. The lowest BCUT2D eigenvalue weighted by molar-refractivity contribution is -0.160. The molecule has 4 aliphatic carbocycles. The van der Waals surface area contributed by atoms with E-state index in [0.717, 1.165) is 25.7 Å². The summed E-state index contributed by atoms with van der Waals surface area (Å²) in [5.74, 6) is 2.37. The van der Waals surface area contributed by atoms with Gasteiger partial charge in [0.25, 0.3) is 0 Å². The maximum atomic E-state index is 12.3. The second-order valence-corrected chi connectivity index (χ2v) is 10.2. The van der Waals surface area contributed by atoms with E-state index in [0.29, 0.717) is 30.1 Å². The Bertz CT molecular complexity index is 694. The summed E-state index contributed by atoms with van der Waals surface area (Å²) in [5.41, 5.74) is 1.82. The van der Waals surface area contributed by atoms with E-state index in [1.54, 1.807) is 12.5 Å². The Morgan fingerprint density at radius 1 is 1.19 bits per heavy atom. The first kappa shape index (κ1) is 18.4. The molecule has 0 unspecified atom stereocenters. The number of carbonyl (C=O) groups is 1. The van der Waals surface area contributed by atoms with Crippen molar-refractivity contribution in [3.8, 4) is 0 Å². The maximum absolute atomic E-state index is 12.3. The third kappa shape index (κ3) is 2.16. The van der Waals surface area contributed by atoms with E-state index in [1.807, 2.05) is 7.05 Å². The quantitative estimate of drug-likeness (QED) is 0.746. The van der Waals surface area contributed by atoms with E-state index >= 15 is 0 Å². The topological polar surface area (TPSA) is 49.7 Å². The minimum atomic E-state index is -1.10. The molecule has 0 bridgehead atoms. The first-order valence-corrected chi connectivity index (χ1v) is 10.6. The number of allylic oxidation sites excluding steroid dienone is 2. The molecule has 4 rings (SSSR count). The van der Waals surface area contributed by atoms with Gasteiger partial charge in [0.05, 0.1) is 0 Å². The molecule has 3 saturated carbocycles. The molecule has 0 heterocycles. The highest BCUT2D eigenvalue weighted by molar-refractivity contribution is 5.96. The minimum absolute atomic E-state index is 0.0157. The largest absolute Gasteiger partial charge is 0.382 e. The molecule has 4 aliphatic rings. The van der Waals surface area contributed by atoms with Crippen LogP contribution in [0.5, 0.6) is 0 Å². The van der Waals surface area contributed by atoms with Crippen LogP contribution in [0.3, 0.4) is 0 Å². The van der Waals surface area contributed by atoms with Gasteiger partial charge in [-0.05, 0) is 87.0 Å². The molecule has 144 valence electrons. The smallest absolute Gasteiger partial charge is 0.161 e. The van der Waals surface area contributed by atoms with Crippen molar-refractivity contribution >= 4 is 11.5 Å². The van der Waals surface area contributed by atoms with Crippen LogP contribution in [0.1, 0.15) is 72.6 Å². The van der Waals surface area contributed by atoms with E-state index in [9.17, 15) is 9.90 Å². The summed E-state index contributed by atoms with van der Waals surface area (Å²) in [6, 6.07) is 0. The molecule has 0 amide bonds. The van der Waals surface area contributed by atoms with Crippen molar-refractivity contribution < 1.29 is 9.90 Å². The molecule has 1 N–H and O–H groups in total. The van der Waals surface area contributed by atoms with E-state index < -0.39 is 5.60 Å². The number of hydrogen-bond donors (Lipinski definition) is 1. The van der Waals surface area contributed by atoms with Crippen LogP contribution >= 0.6 is 0 Å². The van der Waals surface area contributed by atoms with Crippen molar-refractivity contribution in [2.75, 3.05) is 7.05 Å². The monoisotopic (exact) mass is 357 g/mol. The van der Waals surface area contributed by atoms with Crippen LogP contribution < -0.4 is 0 Å². The van der Waals surface area contributed by atoms with Crippen molar-refractivity contribution in [2.45, 2.75) is 78.2 Å². The number of nitrogens with zero attached hydrogens (tertiary/aromatic N) is 1. The standard InChI is InChI=1S/C23H35NO2/c1-14-12-17-18(21(3)9-6-16(24-5)13-20(14)21)7-10-22(4)19(17)8-11-23(22,26)15(2)25/h13-14,17-19,26H,6-12H2,1-5H3/t14-,17+,18-,19-,21+,22-,23-/m0/s1. The summed E-state index contributed by atoms with van der Waals surface area (Å²) in [5, 5.41) is 11.3. The van der Waals surface area contributed by atoms with Crippen molar-refractivity contribution in [1.82, 2.24) is 0 Å². The predicted molar refractivity (Wildman–Crippen MR) is 105 cm³/mol. The van der Waals surface area contributed by atoms with Crippen LogP contribution in [0.25, 0.3) is 0 Å². The van der Waals surface area contributed by atoms with Gasteiger partial charge in [0, 0.05) is 18.2 Å². The molecule has 0 spiro atoms. The molecule has 0 aromatic heterocycles. The summed E-state index contributed by atoms with van der Waals surface area (Å²) in [4.78, 5) is 16.8. The summed E-state index contributed by atoms with van der Waals surface area (Å²) >= 11 is 0. The van der Waals surface area contributed by atoms with Gasteiger partial charge in [0.2, 0.25) is 0 Å². The van der Waals surface area contributed by atoms with E-state index in [4.69, 9.17) is 0 Å². The Kier molecular flexibility index (Phi) is 4.08. The first-order valence-electron chi connectivity index (χ1n) is 10.6. The number of hydrogen-bond acceptors (Lipinski definition) is 3. The average molecular weight is 358 g/mol. The fraction of sp³-hybridized carbons (Fsp3) is 0.826. The second-order valence-electron chi connectivity index (χ2n) is 10.2. The van der Waals surface area contributed by atoms with Crippen molar-refractivity contribution in [3.05, 3.63) is 11.6 Å². The highest BCUT2D eigenvalue weighted by atomic mass is 16.3. The normalized spacial score (nSPS) is 52.1. The van der Waals surface area contributed by atoms with E-state index in [2.05, 4.69) is 31.8 Å². The number of rotatable bonds is 1. The van der Waals surface area contributed by atoms with Gasteiger partial charge in [0.1, 0.15) is 5.60 Å². The van der Waals surface area contributed by atoms with Crippen LogP contribution in [-0.4, -0.2) is 29.3 Å². The summed E-state index contributed by atoms with van der Waals surface area (Å²) in [7, 11) is 1.92. The minimum Gasteiger partial charge on any atom is -0.382 e. The molecule has 3 heteroatoms. The zero-order valence-corrected chi connectivity index (χ0v) is 17.1. The lowest BCUT2D eigenvalue weighted by atomic mass is 9.44. The third-order valence-electron chi connectivity index (χ3n) is 9.32. The number of carbonyl (C=O) groups excluding carboxylic acids is 1. The molecule has 26 heavy (non-hydrogen) atoms. The highest BCUT2D eigenvalue weighted by Gasteiger charge is 2.65. The summed E-state index contributed by atoms with van der Waals surface area (Å²) in [6.07, 6.45) is 9.71. The lowest BCUT2D eigenvalue weighted by Crippen LogP contribution is -2.57. The predicted octanol–water partition coefficient (Wildman–Crippen LogP) is 4.59. The van der Waals surface area contributed by atoms with Gasteiger partial charge in [-0.2, -0.15) is 0 Å². The maximum Gasteiger partial charge on any atom is 0.161 e. The van der Waals surface area contributed by atoms with Crippen LogP contribution in [0, 0.1) is 34.5 Å². The Balaban J connectivity index is 1.73. The van der Waals surface area contributed by atoms with Crippen LogP contribution in [0.4, 0.5) is 0 Å². The lowest BCUT2D eigenvalue weighted by Gasteiger charge is -2.60. The number of Topliss-reactive ketones (excluding diaryl/α,β-unsaturated/α-hetero) is 1. The Labute approximate surface area is 158 Å². The fourth-order valence-electron chi connectivity index (χ4n) is 7.77. The van der Waals surface area contributed by atoms with Crippen LogP contribution in [0.2, 0.25) is 0 Å². The SMILES string of the molecule is CN=C1C=C2[C@@H](C)C[C@@H]3[C@H](CC[C@@]4(C)[C@H]3CC[C@]4(O)C(C)=O)[C@@]2(C)CC1. The van der Waals surface area contributed by atoms with Gasteiger partial charge >= 0.3 is 0 Å². The van der Waals surface area contributed by atoms with Crippen molar-refractivity contribution in [2.24, 2.45) is 39.5 Å². The first-order chi connectivity index (χ1) is 12.2. The molecule has 0 aromatic rings. The van der Waals surface area contributed by atoms with Crippen LogP contribution in [0.15, 0.2) is 16.6 Å². The van der Waals surface area contributed by atoms with Gasteiger partial charge in [-0.25, -0.2) is 0 Å². The van der Waals surface area contributed by atoms with Gasteiger partial charge in [-0.3, -0.25) is 9.79 Å². The molecular formula is C23H35NO2. The van der Waals surface area contributed by atoms with Gasteiger partial charge in [-0.15, -0.1) is 0 Å². The van der Waals surface area contributed by atoms with Crippen molar-refractivity contribution in [1.29, 1.82) is 0 Å². The molecule has 0 radical (unpaired) electrons. The van der Waals surface area contributed by atoms with E-state index in [1.165, 1.54) is 18.6 Å². The number of aliphatic imine (C=N–C) groups is 1. The average Bonchev–Trinajstić information content (AvgIpc) is 2.88. The Morgan fingerprint density at radius 3 is 2.54 bits per heavy atom. The molecular weight excluding hydrogens is 322 g/mol. The highest BCUT2D eigenvalue weighted by Crippen LogP contribution is 2.68. The molecule has 0 saturated heterocycles. The van der Waals surface area contributed by atoms with E-state index in [-0.39, 0.29) is 16.6 Å². The second kappa shape index (κ2) is 5.77. The third-order valence-corrected chi connectivity index (χ3v) is 9.32. The number of ketones is 1. The number of aliphatic hydroxyl groups is 1. The molecule has 0 aliphatic heterocycles. The summed E-state index contributed by atoms with van der Waals surface area (Å²) in [6.45, 7) is 8.69. The summed E-state index contributed by atoms with van der Waals surface area (Å²) < 4.78 is 0. The van der Waals surface area contributed by atoms with Gasteiger partial charge in [-0.1, -0.05) is 26.3 Å². The zero-order chi connectivity index (χ0) is 18.9. The van der Waals surface area contributed by atoms with Crippen LogP contribution in [-0.2, 0) is 4.79 Å². The molecule has 3 nitrogen and oxygen atoms in total.